The van der Waals surface area contributed by atoms with E-state index in [2.05, 4.69) is 15.3 Å². The van der Waals surface area contributed by atoms with E-state index in [1.165, 1.54) is 0 Å². The van der Waals surface area contributed by atoms with Gasteiger partial charge in [0.2, 0.25) is 5.91 Å². The summed E-state index contributed by atoms with van der Waals surface area (Å²) >= 11 is 0. The smallest absolute Gasteiger partial charge is 0.410 e. The predicted molar refractivity (Wildman–Crippen MR) is 158 cm³/mol. The van der Waals surface area contributed by atoms with Gasteiger partial charge in [-0.1, -0.05) is 48.5 Å². The molecule has 3 aromatic carbocycles. The first-order valence-corrected chi connectivity index (χ1v) is 14.0. The van der Waals surface area contributed by atoms with Gasteiger partial charge in [0, 0.05) is 63.0 Å². The minimum absolute atomic E-state index is 0.000956. The van der Waals surface area contributed by atoms with Crippen molar-refractivity contribution in [1.82, 2.24) is 19.6 Å². The summed E-state index contributed by atoms with van der Waals surface area (Å²) in [5, 5.41) is 7.16. The van der Waals surface area contributed by atoms with E-state index in [1.54, 1.807) is 32.9 Å². The molecule has 0 aliphatic carbocycles. The molecule has 10 nitrogen and oxygen atoms in total. The molecule has 2 aliphatic heterocycles. The number of para-hydroxylation sites is 1. The third-order valence-electron chi connectivity index (χ3n) is 7.63. The van der Waals surface area contributed by atoms with Crippen LogP contribution in [-0.4, -0.2) is 63.7 Å². The van der Waals surface area contributed by atoms with Gasteiger partial charge >= 0.3 is 6.09 Å². The summed E-state index contributed by atoms with van der Waals surface area (Å²) in [4.78, 5) is 44.4. The topological polar surface area (TPSA) is 100 Å². The Morgan fingerprint density at radius 2 is 1.57 bits per heavy atom. The van der Waals surface area contributed by atoms with Crippen LogP contribution in [-0.2, 0) is 35.8 Å². The van der Waals surface area contributed by atoms with Crippen molar-refractivity contribution in [2.24, 2.45) is 0 Å². The molecule has 214 valence electrons. The van der Waals surface area contributed by atoms with Crippen molar-refractivity contribution < 1.29 is 19.1 Å². The molecule has 2 aliphatic rings. The molecule has 0 spiro atoms. The molecule has 1 N–H and O–H groups in total. The molecule has 0 atom stereocenters. The highest BCUT2D eigenvalue weighted by atomic mass is 16.6. The van der Waals surface area contributed by atoms with Crippen LogP contribution in [0.25, 0.3) is 0 Å². The number of rotatable bonds is 7. The number of anilines is 2. The molecule has 1 saturated heterocycles. The molecule has 4 aromatic rings. The highest BCUT2D eigenvalue weighted by Gasteiger charge is 2.26. The summed E-state index contributed by atoms with van der Waals surface area (Å²) in [6.07, 6.45) is 3.10. The molecule has 10 heteroatoms. The van der Waals surface area contributed by atoms with E-state index in [1.807, 2.05) is 72.8 Å². The number of carbonyl (C=O) groups excluding carboxylic acids is 3. The molecule has 3 heterocycles. The van der Waals surface area contributed by atoms with Gasteiger partial charge in [-0.05, 0) is 47.0 Å². The van der Waals surface area contributed by atoms with Crippen molar-refractivity contribution in [1.29, 1.82) is 0 Å². The zero-order valence-electron chi connectivity index (χ0n) is 23.2. The van der Waals surface area contributed by atoms with Crippen molar-refractivity contribution in [3.8, 4) is 0 Å². The third-order valence-corrected chi connectivity index (χ3v) is 7.63. The second kappa shape index (κ2) is 12.2. The Kier molecular flexibility index (Phi) is 7.85. The first-order valence-electron chi connectivity index (χ1n) is 14.0. The number of carbonyl (C=O) groups is 3. The van der Waals surface area contributed by atoms with E-state index in [0.29, 0.717) is 50.5 Å². The van der Waals surface area contributed by atoms with Gasteiger partial charge in [-0.2, -0.15) is 5.10 Å². The normalized spacial score (nSPS) is 14.4. The fraction of sp³-hybridized carbons (Fsp3) is 0.250. The van der Waals surface area contributed by atoms with Gasteiger partial charge in [0.05, 0.1) is 5.56 Å². The van der Waals surface area contributed by atoms with E-state index >= 15 is 0 Å². The fourth-order valence-corrected chi connectivity index (χ4v) is 5.36. The van der Waals surface area contributed by atoms with Crippen molar-refractivity contribution in [3.05, 3.63) is 114 Å². The van der Waals surface area contributed by atoms with Crippen LogP contribution in [0.5, 0.6) is 0 Å². The molecule has 0 saturated carbocycles. The van der Waals surface area contributed by atoms with Crippen molar-refractivity contribution in [2.45, 2.75) is 26.2 Å². The Labute approximate surface area is 244 Å². The summed E-state index contributed by atoms with van der Waals surface area (Å²) < 4.78 is 7.11. The zero-order chi connectivity index (χ0) is 28.9. The van der Waals surface area contributed by atoms with Gasteiger partial charge in [-0.25, -0.2) is 4.79 Å². The molecule has 42 heavy (non-hydrogen) atoms. The van der Waals surface area contributed by atoms with Crippen LogP contribution < -0.4 is 10.2 Å². The lowest BCUT2D eigenvalue weighted by molar-refractivity contribution is -0.132. The largest absolute Gasteiger partial charge is 0.445 e. The predicted octanol–water partition coefficient (Wildman–Crippen LogP) is 4.14. The van der Waals surface area contributed by atoms with Crippen LogP contribution in [0.1, 0.15) is 27.0 Å². The quantitative estimate of drug-likeness (QED) is 0.362. The van der Waals surface area contributed by atoms with Crippen LogP contribution in [0.3, 0.4) is 0 Å². The van der Waals surface area contributed by atoms with Crippen LogP contribution in [0, 0.1) is 0 Å². The number of nitrogens with one attached hydrogen (secondary N) is 1. The molecule has 0 bridgehead atoms. The van der Waals surface area contributed by atoms with Gasteiger partial charge in [-0.15, -0.1) is 0 Å². The Hall–Kier alpha value is -5.12. The molecule has 1 aromatic heterocycles. The van der Waals surface area contributed by atoms with Crippen LogP contribution in [0.4, 0.5) is 16.2 Å². The Balaban J connectivity index is 1.05. The van der Waals surface area contributed by atoms with Crippen molar-refractivity contribution in [3.63, 3.8) is 0 Å². The molecular formula is C32H32N6O4. The SMILES string of the molecule is O=C(Nc1ccc2c(c1)CN(C(=O)Cn1cccn1)C2)c1ccccc1N1CCN(C(=O)OCc2ccccc2)CC1. The maximum Gasteiger partial charge on any atom is 0.410 e. The zero-order valence-corrected chi connectivity index (χ0v) is 23.2. The summed E-state index contributed by atoms with van der Waals surface area (Å²) in [6, 6.07) is 24.7. The van der Waals surface area contributed by atoms with Crippen molar-refractivity contribution in [2.75, 3.05) is 36.4 Å². The number of ether oxygens (including phenoxy) is 1. The Morgan fingerprint density at radius 3 is 2.36 bits per heavy atom. The average Bonchev–Trinajstić information content (AvgIpc) is 3.70. The van der Waals surface area contributed by atoms with Crippen molar-refractivity contribution >= 4 is 29.3 Å². The van der Waals surface area contributed by atoms with E-state index in [9.17, 15) is 14.4 Å². The molecule has 0 radical (unpaired) electrons. The summed E-state index contributed by atoms with van der Waals surface area (Å²) in [5.41, 5.74) is 5.11. The number of hydrogen-bond donors (Lipinski definition) is 1. The van der Waals surface area contributed by atoms with E-state index < -0.39 is 0 Å². The highest BCUT2D eigenvalue weighted by molar-refractivity contribution is 6.08. The fourth-order valence-electron chi connectivity index (χ4n) is 5.36. The van der Waals surface area contributed by atoms with Gasteiger partial charge in [0.15, 0.2) is 0 Å². The Morgan fingerprint density at radius 1 is 0.810 bits per heavy atom. The third kappa shape index (κ3) is 6.12. The minimum Gasteiger partial charge on any atom is -0.445 e. The van der Waals surface area contributed by atoms with E-state index in [0.717, 1.165) is 22.4 Å². The molecule has 1 fully saturated rings. The van der Waals surface area contributed by atoms with E-state index in [-0.39, 0.29) is 31.1 Å². The summed E-state index contributed by atoms with van der Waals surface area (Å²) in [6.45, 7) is 3.66. The molecule has 6 rings (SSSR count). The van der Waals surface area contributed by atoms with Gasteiger partial charge in [-0.3, -0.25) is 14.3 Å². The van der Waals surface area contributed by atoms with Crippen LogP contribution >= 0.6 is 0 Å². The lowest BCUT2D eigenvalue weighted by atomic mass is 10.1. The second-order valence-corrected chi connectivity index (χ2v) is 10.4. The van der Waals surface area contributed by atoms with Crippen LogP contribution in [0.15, 0.2) is 91.3 Å². The maximum absolute atomic E-state index is 13.4. The number of fused-ring (bicyclic) bond motifs is 1. The lowest BCUT2D eigenvalue weighted by Crippen LogP contribution is -2.49. The number of benzene rings is 3. The van der Waals surface area contributed by atoms with Gasteiger partial charge in [0.25, 0.3) is 5.91 Å². The van der Waals surface area contributed by atoms with E-state index in [4.69, 9.17) is 4.74 Å². The number of aromatic nitrogens is 2. The monoisotopic (exact) mass is 564 g/mol. The lowest BCUT2D eigenvalue weighted by Gasteiger charge is -2.36. The first kappa shape index (κ1) is 27.1. The summed E-state index contributed by atoms with van der Waals surface area (Å²) in [5.74, 6) is -0.209. The van der Waals surface area contributed by atoms with Gasteiger partial charge in [0.1, 0.15) is 13.2 Å². The number of piperazine rings is 1. The Bertz CT molecular complexity index is 1570. The first-order chi connectivity index (χ1) is 20.5. The number of amides is 3. The van der Waals surface area contributed by atoms with Gasteiger partial charge < -0.3 is 24.8 Å². The summed E-state index contributed by atoms with van der Waals surface area (Å²) in [7, 11) is 0. The standard InChI is InChI=1S/C32H32N6O4/c39-30(22-38-14-6-13-33-38)37-20-25-11-12-27(19-26(25)21-37)34-31(40)28-9-4-5-10-29(28)35-15-17-36(18-16-35)32(41)42-23-24-7-2-1-3-8-24/h1-14,19H,15-18,20-23H2,(H,34,40). The van der Waals surface area contributed by atoms with Crippen LogP contribution in [0.2, 0.25) is 0 Å². The minimum atomic E-state index is -0.331. The average molecular weight is 565 g/mol. The molecule has 3 amide bonds. The maximum atomic E-state index is 13.4. The molecular weight excluding hydrogens is 532 g/mol. The molecule has 0 unspecified atom stereocenters. The number of nitrogens with zero attached hydrogens (tertiary/aromatic N) is 5. The second-order valence-electron chi connectivity index (χ2n) is 10.4. The highest BCUT2D eigenvalue weighted by Crippen LogP contribution is 2.28. The number of hydrogen-bond acceptors (Lipinski definition) is 6.